The Morgan fingerprint density at radius 2 is 1.67 bits per heavy atom. The molecule has 0 aliphatic carbocycles. The van der Waals surface area contributed by atoms with Crippen LogP contribution in [0.2, 0.25) is 0 Å². The first-order chi connectivity index (χ1) is 13.2. The van der Waals surface area contributed by atoms with Crippen LogP contribution in [0.3, 0.4) is 0 Å². The lowest BCUT2D eigenvalue weighted by atomic mass is 10.1. The molecule has 0 aliphatic heterocycles. The predicted molar refractivity (Wildman–Crippen MR) is 105 cm³/mol. The van der Waals surface area contributed by atoms with E-state index in [1.54, 1.807) is 6.07 Å². The summed E-state index contributed by atoms with van der Waals surface area (Å²) in [6.07, 6.45) is 7.45. The second-order valence-electron chi connectivity index (χ2n) is 6.61. The molecule has 3 aromatic rings. The first kappa shape index (κ1) is 18.9. The number of carbonyl (C=O) groups is 1. The lowest BCUT2D eigenvalue weighted by Crippen LogP contribution is -2.00. The highest BCUT2D eigenvalue weighted by Gasteiger charge is 2.09. The molecule has 0 radical (unpaired) electrons. The van der Waals surface area contributed by atoms with Crippen LogP contribution < -0.4 is 4.74 Å². The average Bonchev–Trinajstić information content (AvgIpc) is 3.11. The van der Waals surface area contributed by atoms with Gasteiger partial charge < -0.3 is 9.84 Å². The summed E-state index contributed by atoms with van der Waals surface area (Å²) >= 11 is 0. The molecule has 0 saturated carbocycles. The molecule has 0 atom stereocenters. The van der Waals surface area contributed by atoms with Gasteiger partial charge in [0, 0.05) is 0 Å². The summed E-state index contributed by atoms with van der Waals surface area (Å²) in [7, 11) is 0. The fourth-order valence-corrected chi connectivity index (χ4v) is 2.91. The van der Waals surface area contributed by atoms with Crippen LogP contribution in [-0.2, 0) is 0 Å². The third-order valence-corrected chi connectivity index (χ3v) is 4.46. The fraction of sp³-hybridized carbons (Fsp3) is 0.381. The molecule has 0 unspecified atom stereocenters. The first-order valence-electron chi connectivity index (χ1n) is 9.51. The number of ether oxygens (including phenoxy) is 1. The molecule has 0 bridgehead atoms. The van der Waals surface area contributed by atoms with Gasteiger partial charge in [-0.2, -0.15) is 4.80 Å². The van der Waals surface area contributed by atoms with Gasteiger partial charge in [0.15, 0.2) is 0 Å². The molecule has 2 aromatic carbocycles. The number of rotatable bonds is 10. The third kappa shape index (κ3) is 5.06. The number of hydrogen-bond acceptors (Lipinski definition) is 4. The largest absolute Gasteiger partial charge is 0.494 e. The number of hydrogen-bond donors (Lipinski definition) is 1. The SMILES string of the molecule is CCCCCCCCOc1ccc(-n2nc3ccc(C(=O)O)cc3n2)cc1. The van der Waals surface area contributed by atoms with Crippen molar-refractivity contribution in [3.63, 3.8) is 0 Å². The van der Waals surface area contributed by atoms with Crippen LogP contribution in [-0.4, -0.2) is 32.7 Å². The van der Waals surface area contributed by atoms with Crippen LogP contribution in [0.4, 0.5) is 0 Å². The lowest BCUT2D eigenvalue weighted by Gasteiger charge is -2.07. The van der Waals surface area contributed by atoms with E-state index in [4.69, 9.17) is 9.84 Å². The molecule has 6 nitrogen and oxygen atoms in total. The smallest absolute Gasteiger partial charge is 0.335 e. The van der Waals surface area contributed by atoms with Gasteiger partial charge >= 0.3 is 5.97 Å². The van der Waals surface area contributed by atoms with E-state index in [2.05, 4.69) is 17.1 Å². The van der Waals surface area contributed by atoms with Gasteiger partial charge in [0.25, 0.3) is 0 Å². The maximum atomic E-state index is 11.1. The molecule has 0 fully saturated rings. The molecule has 0 aliphatic rings. The van der Waals surface area contributed by atoms with Gasteiger partial charge in [0.1, 0.15) is 16.8 Å². The van der Waals surface area contributed by atoms with E-state index in [0.29, 0.717) is 11.0 Å². The molecule has 1 aromatic heterocycles. The van der Waals surface area contributed by atoms with Gasteiger partial charge in [-0.1, -0.05) is 39.0 Å². The normalized spacial score (nSPS) is 11.0. The van der Waals surface area contributed by atoms with E-state index in [1.165, 1.54) is 49.0 Å². The van der Waals surface area contributed by atoms with Gasteiger partial charge in [0.05, 0.1) is 17.9 Å². The molecule has 27 heavy (non-hydrogen) atoms. The molecule has 0 amide bonds. The maximum Gasteiger partial charge on any atom is 0.335 e. The summed E-state index contributed by atoms with van der Waals surface area (Å²) in [5.74, 6) is -0.143. The fourth-order valence-electron chi connectivity index (χ4n) is 2.91. The van der Waals surface area contributed by atoms with Gasteiger partial charge in [-0.05, 0) is 48.9 Å². The molecule has 1 heterocycles. The van der Waals surface area contributed by atoms with E-state index < -0.39 is 5.97 Å². The Morgan fingerprint density at radius 3 is 2.41 bits per heavy atom. The van der Waals surface area contributed by atoms with Gasteiger partial charge in [-0.3, -0.25) is 0 Å². The summed E-state index contributed by atoms with van der Waals surface area (Å²) < 4.78 is 5.79. The minimum absolute atomic E-state index is 0.202. The summed E-state index contributed by atoms with van der Waals surface area (Å²) in [5, 5.41) is 17.8. The molecular formula is C21H25N3O3. The summed E-state index contributed by atoms with van der Waals surface area (Å²) in [5.41, 5.74) is 2.21. The van der Waals surface area contributed by atoms with Crippen LogP contribution in [0.15, 0.2) is 42.5 Å². The number of benzene rings is 2. The van der Waals surface area contributed by atoms with Gasteiger partial charge in [-0.25, -0.2) is 4.79 Å². The topological polar surface area (TPSA) is 77.2 Å². The molecule has 1 N–H and O–H groups in total. The van der Waals surface area contributed by atoms with Crippen molar-refractivity contribution >= 4 is 17.0 Å². The number of aromatic nitrogens is 3. The van der Waals surface area contributed by atoms with Crippen molar-refractivity contribution in [2.75, 3.05) is 6.61 Å². The quantitative estimate of drug-likeness (QED) is 0.518. The van der Waals surface area contributed by atoms with E-state index in [-0.39, 0.29) is 5.56 Å². The van der Waals surface area contributed by atoms with Crippen molar-refractivity contribution < 1.29 is 14.6 Å². The highest BCUT2D eigenvalue weighted by atomic mass is 16.5. The van der Waals surface area contributed by atoms with E-state index in [9.17, 15) is 4.79 Å². The van der Waals surface area contributed by atoms with Crippen molar-refractivity contribution in [1.29, 1.82) is 0 Å². The summed E-state index contributed by atoms with van der Waals surface area (Å²) in [4.78, 5) is 12.6. The average molecular weight is 367 g/mol. The Balaban J connectivity index is 1.57. The van der Waals surface area contributed by atoms with Gasteiger partial charge in [0.2, 0.25) is 0 Å². The molecule has 3 rings (SSSR count). The highest BCUT2D eigenvalue weighted by molar-refractivity contribution is 5.92. The van der Waals surface area contributed by atoms with Crippen LogP contribution in [0, 0.1) is 0 Å². The van der Waals surface area contributed by atoms with Crippen molar-refractivity contribution in [3.8, 4) is 11.4 Å². The molecular weight excluding hydrogens is 342 g/mol. The van der Waals surface area contributed by atoms with Gasteiger partial charge in [-0.15, -0.1) is 10.2 Å². The van der Waals surface area contributed by atoms with Crippen LogP contribution in [0.25, 0.3) is 16.7 Å². The second kappa shape index (κ2) is 9.16. The van der Waals surface area contributed by atoms with Crippen molar-refractivity contribution in [2.45, 2.75) is 45.4 Å². The third-order valence-electron chi connectivity index (χ3n) is 4.46. The van der Waals surface area contributed by atoms with Crippen molar-refractivity contribution in [2.24, 2.45) is 0 Å². The zero-order valence-electron chi connectivity index (χ0n) is 15.6. The Labute approximate surface area is 158 Å². The summed E-state index contributed by atoms with van der Waals surface area (Å²) in [6, 6.07) is 12.3. The number of nitrogens with zero attached hydrogens (tertiary/aromatic N) is 3. The second-order valence-corrected chi connectivity index (χ2v) is 6.61. The lowest BCUT2D eigenvalue weighted by molar-refractivity contribution is 0.0697. The molecule has 142 valence electrons. The standard InChI is InChI=1S/C21H25N3O3/c1-2-3-4-5-6-7-14-27-18-11-9-17(10-12-18)24-22-19-13-8-16(21(25)26)15-20(19)23-24/h8-13,15H,2-7,14H2,1H3,(H,25,26). The van der Waals surface area contributed by atoms with Crippen molar-refractivity contribution in [3.05, 3.63) is 48.0 Å². The van der Waals surface area contributed by atoms with Crippen LogP contribution in [0.5, 0.6) is 5.75 Å². The molecule has 6 heteroatoms. The highest BCUT2D eigenvalue weighted by Crippen LogP contribution is 2.18. The monoisotopic (exact) mass is 367 g/mol. The van der Waals surface area contributed by atoms with E-state index in [1.807, 2.05) is 24.3 Å². The van der Waals surface area contributed by atoms with Crippen molar-refractivity contribution in [1.82, 2.24) is 15.0 Å². The first-order valence-corrected chi connectivity index (χ1v) is 9.51. The van der Waals surface area contributed by atoms with Crippen LogP contribution >= 0.6 is 0 Å². The predicted octanol–water partition coefficient (Wildman–Crippen LogP) is 4.86. The maximum absolute atomic E-state index is 11.1. The number of fused-ring (bicyclic) bond motifs is 1. The Kier molecular flexibility index (Phi) is 6.41. The Morgan fingerprint density at radius 1 is 0.963 bits per heavy atom. The molecule has 0 saturated heterocycles. The van der Waals surface area contributed by atoms with E-state index in [0.717, 1.165) is 24.5 Å². The zero-order chi connectivity index (χ0) is 19.1. The van der Waals surface area contributed by atoms with Crippen LogP contribution in [0.1, 0.15) is 55.8 Å². The number of carboxylic acid groups (broad SMARTS) is 1. The van der Waals surface area contributed by atoms with E-state index >= 15 is 0 Å². The Hall–Kier alpha value is -2.89. The number of aromatic carboxylic acids is 1. The summed E-state index contributed by atoms with van der Waals surface area (Å²) in [6.45, 7) is 2.95. The zero-order valence-corrected chi connectivity index (χ0v) is 15.6. The minimum atomic E-state index is -0.974. The number of unbranched alkanes of at least 4 members (excludes halogenated alkanes) is 5. The minimum Gasteiger partial charge on any atom is -0.494 e. The molecule has 0 spiro atoms. The Bertz CT molecular complexity index is 887. The number of carboxylic acids is 1.